The number of hydrogen-bond donors (Lipinski definition) is 2. The maximum atomic E-state index is 13.8. The molecule has 0 bridgehead atoms. The molecule has 2 N–H and O–H groups in total. The number of carbonyl (C=O) groups is 2. The van der Waals surface area contributed by atoms with Crippen molar-refractivity contribution in [1.29, 1.82) is 0 Å². The highest BCUT2D eigenvalue weighted by Crippen LogP contribution is 2.27. The molecular weight excluding hydrogens is 406 g/mol. The molecule has 10 heteroatoms. The number of rotatable bonds is 4. The highest BCUT2D eigenvalue weighted by molar-refractivity contribution is 5.97. The van der Waals surface area contributed by atoms with Crippen molar-refractivity contribution in [3.8, 4) is 11.4 Å². The van der Waals surface area contributed by atoms with Crippen molar-refractivity contribution in [1.82, 2.24) is 30.1 Å². The third-order valence-electron chi connectivity index (χ3n) is 5.30. The van der Waals surface area contributed by atoms with E-state index in [1.165, 1.54) is 7.05 Å². The van der Waals surface area contributed by atoms with Crippen molar-refractivity contribution >= 4 is 11.8 Å². The minimum Gasteiger partial charge on any atom is -0.357 e. The van der Waals surface area contributed by atoms with Crippen LogP contribution in [0.15, 0.2) is 12.1 Å². The number of nitrogens with zero attached hydrogens (tertiary/aromatic N) is 4. The third-order valence-corrected chi connectivity index (χ3v) is 5.30. The zero-order valence-corrected chi connectivity index (χ0v) is 18.4. The lowest BCUT2D eigenvalue weighted by atomic mass is 9.86. The van der Waals surface area contributed by atoms with Crippen LogP contribution >= 0.6 is 0 Å². The SMILES string of the molecule is CNC(=O)C(NC(=O)c1nc(-c2cc(F)nc(F)c2)n2c1CN(C)CCC2)C(C)(C)C. The van der Waals surface area contributed by atoms with E-state index < -0.39 is 29.3 Å². The van der Waals surface area contributed by atoms with Crippen LogP contribution in [0.25, 0.3) is 11.4 Å². The van der Waals surface area contributed by atoms with Gasteiger partial charge in [-0.15, -0.1) is 0 Å². The van der Waals surface area contributed by atoms with Gasteiger partial charge in [-0.1, -0.05) is 20.8 Å². The fraction of sp³-hybridized carbons (Fsp3) is 0.524. The van der Waals surface area contributed by atoms with Gasteiger partial charge in [0.2, 0.25) is 17.8 Å². The molecule has 1 aliphatic heterocycles. The zero-order chi connectivity index (χ0) is 22.9. The largest absolute Gasteiger partial charge is 0.357 e. The maximum absolute atomic E-state index is 13.8. The second kappa shape index (κ2) is 8.70. The molecule has 0 aliphatic carbocycles. The summed E-state index contributed by atoms with van der Waals surface area (Å²) in [6.45, 7) is 7.32. The lowest BCUT2D eigenvalue weighted by Crippen LogP contribution is -2.53. The number of imidazole rings is 1. The molecule has 0 spiro atoms. The fourth-order valence-corrected chi connectivity index (χ4v) is 3.74. The molecule has 1 unspecified atom stereocenters. The highest BCUT2D eigenvalue weighted by Gasteiger charge is 2.34. The van der Waals surface area contributed by atoms with Gasteiger partial charge in [0, 0.05) is 37.8 Å². The smallest absolute Gasteiger partial charge is 0.272 e. The first kappa shape index (κ1) is 22.8. The molecule has 0 radical (unpaired) electrons. The van der Waals surface area contributed by atoms with Crippen LogP contribution in [0.3, 0.4) is 0 Å². The second-order valence-electron chi connectivity index (χ2n) is 8.86. The Morgan fingerprint density at radius 3 is 2.35 bits per heavy atom. The number of amides is 2. The van der Waals surface area contributed by atoms with Crippen molar-refractivity contribution in [2.75, 3.05) is 20.6 Å². The molecule has 0 saturated carbocycles. The monoisotopic (exact) mass is 434 g/mol. The minimum absolute atomic E-state index is 0.138. The quantitative estimate of drug-likeness (QED) is 0.718. The summed E-state index contributed by atoms with van der Waals surface area (Å²) >= 11 is 0. The summed E-state index contributed by atoms with van der Waals surface area (Å²) in [4.78, 5) is 35.3. The van der Waals surface area contributed by atoms with E-state index in [0.717, 1.165) is 25.1 Å². The maximum Gasteiger partial charge on any atom is 0.272 e. The highest BCUT2D eigenvalue weighted by atomic mass is 19.1. The molecule has 2 amide bonds. The molecule has 31 heavy (non-hydrogen) atoms. The van der Waals surface area contributed by atoms with Crippen LogP contribution in [-0.4, -0.2) is 57.9 Å². The Morgan fingerprint density at radius 1 is 1.13 bits per heavy atom. The molecule has 0 saturated heterocycles. The predicted molar refractivity (Wildman–Crippen MR) is 111 cm³/mol. The van der Waals surface area contributed by atoms with Crippen LogP contribution in [-0.2, 0) is 17.9 Å². The first-order valence-corrected chi connectivity index (χ1v) is 10.1. The topological polar surface area (TPSA) is 92.1 Å². The summed E-state index contributed by atoms with van der Waals surface area (Å²) in [5.41, 5.74) is 0.436. The Bertz CT molecular complexity index is 978. The van der Waals surface area contributed by atoms with Crippen LogP contribution < -0.4 is 10.6 Å². The van der Waals surface area contributed by atoms with Gasteiger partial charge in [0.15, 0.2) is 5.69 Å². The van der Waals surface area contributed by atoms with Gasteiger partial charge in [0.1, 0.15) is 11.9 Å². The molecule has 1 atom stereocenters. The number of likely N-dealkylation sites (N-methyl/N-ethyl adjacent to an activating group) is 1. The number of aromatic nitrogens is 3. The average Bonchev–Trinajstić information content (AvgIpc) is 2.90. The Labute approximate surface area is 180 Å². The summed E-state index contributed by atoms with van der Waals surface area (Å²) in [7, 11) is 3.44. The number of halogens is 2. The van der Waals surface area contributed by atoms with Crippen molar-refractivity contribution in [3.05, 3.63) is 35.4 Å². The predicted octanol–water partition coefficient (Wildman–Crippen LogP) is 1.95. The van der Waals surface area contributed by atoms with E-state index in [2.05, 4.69) is 25.5 Å². The molecule has 1 aliphatic rings. The number of nitrogens with one attached hydrogen (secondary N) is 2. The Hall–Kier alpha value is -2.88. The summed E-state index contributed by atoms with van der Waals surface area (Å²) < 4.78 is 29.3. The summed E-state index contributed by atoms with van der Waals surface area (Å²) in [6.07, 6.45) is 0.785. The molecule has 168 valence electrons. The van der Waals surface area contributed by atoms with E-state index in [0.29, 0.717) is 24.6 Å². The lowest BCUT2D eigenvalue weighted by molar-refractivity contribution is -0.124. The molecule has 0 fully saturated rings. The van der Waals surface area contributed by atoms with Gasteiger partial charge in [0.05, 0.1) is 5.69 Å². The zero-order valence-electron chi connectivity index (χ0n) is 18.4. The van der Waals surface area contributed by atoms with Gasteiger partial charge >= 0.3 is 0 Å². The van der Waals surface area contributed by atoms with E-state index in [4.69, 9.17) is 0 Å². The molecule has 0 aromatic carbocycles. The Kier molecular flexibility index (Phi) is 6.40. The summed E-state index contributed by atoms with van der Waals surface area (Å²) in [6, 6.07) is 1.40. The van der Waals surface area contributed by atoms with Crippen molar-refractivity contribution in [2.45, 2.75) is 46.3 Å². The van der Waals surface area contributed by atoms with Gasteiger partial charge in [0.25, 0.3) is 5.91 Å². The molecule has 3 heterocycles. The number of hydrogen-bond acceptors (Lipinski definition) is 5. The van der Waals surface area contributed by atoms with E-state index >= 15 is 0 Å². The molecule has 2 aromatic rings. The summed E-state index contributed by atoms with van der Waals surface area (Å²) in [5.74, 6) is -2.46. The van der Waals surface area contributed by atoms with Gasteiger partial charge in [-0.3, -0.25) is 9.59 Å². The third kappa shape index (κ3) is 4.90. The van der Waals surface area contributed by atoms with Crippen molar-refractivity contribution < 1.29 is 18.4 Å². The molecule has 3 rings (SSSR count). The van der Waals surface area contributed by atoms with E-state index in [9.17, 15) is 18.4 Å². The van der Waals surface area contributed by atoms with Crippen LogP contribution in [0, 0.1) is 17.3 Å². The van der Waals surface area contributed by atoms with Gasteiger partial charge in [-0.25, -0.2) is 4.98 Å². The van der Waals surface area contributed by atoms with E-state index in [1.807, 2.05) is 32.4 Å². The number of pyridine rings is 1. The standard InChI is InChI=1S/C21H28F2N6O2/c1-21(2,3)17(20(31)24-4)27-19(30)16-13-11-28(5)7-6-8-29(13)18(26-16)12-9-14(22)25-15(23)10-12/h9-10,17H,6-8,11H2,1-5H3,(H,24,31)(H,27,30). The fourth-order valence-electron chi connectivity index (χ4n) is 3.74. The number of fused-ring (bicyclic) bond motifs is 1. The van der Waals surface area contributed by atoms with E-state index in [-0.39, 0.29) is 17.2 Å². The molecule has 8 nitrogen and oxygen atoms in total. The first-order valence-electron chi connectivity index (χ1n) is 10.1. The van der Waals surface area contributed by atoms with Crippen LogP contribution in [0.1, 0.15) is 43.4 Å². The van der Waals surface area contributed by atoms with Crippen molar-refractivity contribution in [3.63, 3.8) is 0 Å². The Morgan fingerprint density at radius 2 is 1.77 bits per heavy atom. The van der Waals surface area contributed by atoms with Crippen LogP contribution in [0.5, 0.6) is 0 Å². The summed E-state index contributed by atoms with van der Waals surface area (Å²) in [5, 5.41) is 5.36. The average molecular weight is 434 g/mol. The van der Waals surface area contributed by atoms with Gasteiger partial charge < -0.3 is 20.1 Å². The van der Waals surface area contributed by atoms with Crippen LogP contribution in [0.4, 0.5) is 8.78 Å². The van der Waals surface area contributed by atoms with Gasteiger partial charge in [-0.2, -0.15) is 13.8 Å². The molecule has 2 aromatic heterocycles. The van der Waals surface area contributed by atoms with Crippen molar-refractivity contribution in [2.24, 2.45) is 5.41 Å². The second-order valence-corrected chi connectivity index (χ2v) is 8.86. The normalized spacial score (nSPS) is 15.7. The molecular formula is C21H28F2N6O2. The lowest BCUT2D eigenvalue weighted by Gasteiger charge is -2.29. The van der Waals surface area contributed by atoms with E-state index in [1.54, 1.807) is 0 Å². The number of carbonyl (C=O) groups excluding carboxylic acids is 2. The van der Waals surface area contributed by atoms with Crippen LogP contribution in [0.2, 0.25) is 0 Å². The minimum atomic E-state index is -0.962. The Balaban J connectivity index is 2.08. The van der Waals surface area contributed by atoms with Gasteiger partial charge in [-0.05, 0) is 25.4 Å². The first-order chi connectivity index (χ1) is 14.5.